The number of dihydropyridines is 1. The molecule has 2 aliphatic heterocycles. The number of piperidine rings is 1. The largest absolute Gasteiger partial charge is 0.468 e. The molecule has 4 rings (SSSR count). The molecule has 46 heavy (non-hydrogen) atoms. The molecule has 1 atom stereocenters. The second-order valence-electron chi connectivity index (χ2n) is 12.0. The van der Waals surface area contributed by atoms with Gasteiger partial charge >= 0.3 is 5.97 Å². The zero-order valence-electron chi connectivity index (χ0n) is 27.0. The fourth-order valence-corrected chi connectivity index (χ4v) is 6.72. The molecular weight excluding hydrogens is 586 g/mol. The van der Waals surface area contributed by atoms with Crippen LogP contribution in [-0.4, -0.2) is 67.3 Å². The van der Waals surface area contributed by atoms with Gasteiger partial charge in [-0.1, -0.05) is 42.5 Å². The Labute approximate surface area is 270 Å². The summed E-state index contributed by atoms with van der Waals surface area (Å²) in [6.45, 7) is 6.43. The summed E-state index contributed by atoms with van der Waals surface area (Å²) in [4.78, 5) is 52.9. The number of non-ortho nitro benzene ring substituents is 1. The van der Waals surface area contributed by atoms with Crippen LogP contribution in [0.25, 0.3) is 0 Å². The van der Waals surface area contributed by atoms with Crippen LogP contribution >= 0.6 is 0 Å². The van der Waals surface area contributed by atoms with Crippen LogP contribution in [0.2, 0.25) is 0 Å². The molecule has 11 heteroatoms. The first-order valence-corrected chi connectivity index (χ1v) is 15.9. The van der Waals surface area contributed by atoms with Crippen molar-refractivity contribution in [3.05, 3.63) is 98.4 Å². The van der Waals surface area contributed by atoms with Crippen molar-refractivity contribution in [3.63, 3.8) is 0 Å². The third kappa shape index (κ3) is 7.71. The number of hydrogen-bond donors (Lipinski definition) is 3. The van der Waals surface area contributed by atoms with E-state index >= 15 is 0 Å². The van der Waals surface area contributed by atoms with Gasteiger partial charge in [-0.15, -0.1) is 0 Å². The Hall–Kier alpha value is -4.35. The van der Waals surface area contributed by atoms with Gasteiger partial charge in [0.15, 0.2) is 5.78 Å². The lowest BCUT2D eigenvalue weighted by Crippen LogP contribution is -2.48. The van der Waals surface area contributed by atoms with Crippen molar-refractivity contribution >= 4 is 23.3 Å². The molecule has 2 heterocycles. The molecule has 0 aliphatic carbocycles. The maximum atomic E-state index is 13.9. The highest BCUT2D eigenvalue weighted by Crippen LogP contribution is 2.40. The molecule has 246 valence electrons. The van der Waals surface area contributed by atoms with Gasteiger partial charge in [-0.3, -0.25) is 24.5 Å². The number of nitrogens with zero attached hydrogens (tertiary/aromatic N) is 2. The number of nitro benzene ring substituents is 1. The van der Waals surface area contributed by atoms with Crippen LogP contribution in [0.15, 0.2) is 77.1 Å². The summed E-state index contributed by atoms with van der Waals surface area (Å²) in [6.07, 6.45) is 4.11. The number of esters is 1. The standard InChI is InChI=1S/C35H45N5O6/c1-24-30(25(2)41)31(26-13-15-28(16-14-26)40(44)45)32(29(38-24)12-7-8-19-36)33(42)37-20-9-21-39-22-17-35(18-23-39,34(43)46-3)27-10-5-4-6-11-27/h4-6,10-11,13-16,31,38H,7-9,12,17-23,36H2,1-3H3,(H,37,42). The molecule has 2 aromatic rings. The number of nitro groups is 1. The van der Waals surface area contributed by atoms with E-state index in [-0.39, 0.29) is 23.3 Å². The van der Waals surface area contributed by atoms with E-state index < -0.39 is 16.3 Å². The quantitative estimate of drug-likeness (QED) is 0.120. The summed E-state index contributed by atoms with van der Waals surface area (Å²) in [6, 6.07) is 15.8. The van der Waals surface area contributed by atoms with Crippen molar-refractivity contribution in [3.8, 4) is 0 Å². The van der Waals surface area contributed by atoms with Gasteiger partial charge in [-0.05, 0) is 89.7 Å². The summed E-state index contributed by atoms with van der Waals surface area (Å²) in [5, 5.41) is 17.7. The van der Waals surface area contributed by atoms with E-state index in [2.05, 4.69) is 15.5 Å². The van der Waals surface area contributed by atoms with Crippen LogP contribution in [0.4, 0.5) is 5.69 Å². The van der Waals surface area contributed by atoms with Crippen molar-refractivity contribution in [1.29, 1.82) is 0 Å². The number of rotatable bonds is 14. The number of amides is 1. The SMILES string of the molecule is COC(=O)C1(c2ccccc2)CCN(CCCNC(=O)C2=C(CCCCN)NC(C)=C(C(C)=O)C2c2ccc([N+](=O)[O-])cc2)CC1. The Morgan fingerprint density at radius 2 is 1.72 bits per heavy atom. The first kappa shape index (κ1) is 34.5. The molecule has 0 spiro atoms. The topological polar surface area (TPSA) is 157 Å². The third-order valence-corrected chi connectivity index (χ3v) is 9.14. The molecule has 0 saturated carbocycles. The van der Waals surface area contributed by atoms with Gasteiger partial charge in [0.05, 0.1) is 17.4 Å². The highest BCUT2D eigenvalue weighted by Gasteiger charge is 2.44. The summed E-state index contributed by atoms with van der Waals surface area (Å²) in [7, 11) is 1.44. The number of nitrogens with one attached hydrogen (secondary N) is 2. The molecule has 1 fully saturated rings. The fraction of sp³-hybridized carbons (Fsp3) is 0.457. The minimum atomic E-state index is -0.668. The van der Waals surface area contributed by atoms with Crippen LogP contribution < -0.4 is 16.4 Å². The summed E-state index contributed by atoms with van der Waals surface area (Å²) in [5.41, 5.74) is 8.94. The highest BCUT2D eigenvalue weighted by molar-refractivity contribution is 6.03. The van der Waals surface area contributed by atoms with Crippen molar-refractivity contribution < 1.29 is 24.0 Å². The second-order valence-corrected chi connectivity index (χ2v) is 12.0. The number of unbranched alkanes of at least 4 members (excludes halogenated alkanes) is 1. The van der Waals surface area contributed by atoms with Crippen molar-refractivity contribution in [1.82, 2.24) is 15.5 Å². The Morgan fingerprint density at radius 3 is 2.30 bits per heavy atom. The molecule has 0 bridgehead atoms. The molecule has 1 amide bonds. The van der Waals surface area contributed by atoms with Crippen LogP contribution in [-0.2, 0) is 24.5 Å². The van der Waals surface area contributed by atoms with E-state index in [1.165, 1.54) is 26.2 Å². The average molecular weight is 632 g/mol. The predicted molar refractivity (Wildman–Crippen MR) is 176 cm³/mol. The predicted octanol–water partition coefficient (Wildman–Crippen LogP) is 4.24. The number of carbonyl (C=O) groups is 3. The van der Waals surface area contributed by atoms with E-state index in [0.717, 1.165) is 43.7 Å². The van der Waals surface area contributed by atoms with Crippen molar-refractivity contribution in [2.24, 2.45) is 5.73 Å². The van der Waals surface area contributed by atoms with Gasteiger partial charge < -0.3 is 26.0 Å². The first-order chi connectivity index (χ1) is 22.1. The van der Waals surface area contributed by atoms with Crippen LogP contribution in [0.3, 0.4) is 0 Å². The van der Waals surface area contributed by atoms with Crippen LogP contribution in [0.5, 0.6) is 0 Å². The van der Waals surface area contributed by atoms with Crippen molar-refractivity contribution in [2.45, 2.75) is 63.7 Å². The minimum absolute atomic E-state index is 0.0637. The summed E-state index contributed by atoms with van der Waals surface area (Å²) >= 11 is 0. The third-order valence-electron chi connectivity index (χ3n) is 9.14. The molecule has 0 aromatic heterocycles. The first-order valence-electron chi connectivity index (χ1n) is 15.9. The summed E-state index contributed by atoms with van der Waals surface area (Å²) < 4.78 is 5.22. The Balaban J connectivity index is 1.47. The van der Waals surface area contributed by atoms with Gasteiger partial charge in [0.2, 0.25) is 5.91 Å². The molecule has 1 unspecified atom stereocenters. The van der Waals surface area contributed by atoms with E-state index in [1.807, 2.05) is 37.3 Å². The molecule has 11 nitrogen and oxygen atoms in total. The molecule has 2 aromatic carbocycles. The second kappa shape index (κ2) is 15.8. The monoisotopic (exact) mass is 631 g/mol. The average Bonchev–Trinajstić information content (AvgIpc) is 3.06. The number of Topliss-reactive ketones (excluding diaryl/α,β-unsaturated/α-hetero) is 1. The zero-order chi connectivity index (χ0) is 33.3. The maximum Gasteiger partial charge on any atom is 0.316 e. The Kier molecular flexibility index (Phi) is 11.8. The van der Waals surface area contributed by atoms with Gasteiger partial charge in [0, 0.05) is 47.1 Å². The lowest BCUT2D eigenvalue weighted by Gasteiger charge is -2.40. The number of methoxy groups -OCH3 is 1. The molecule has 4 N–H and O–H groups in total. The number of carbonyl (C=O) groups excluding carboxylic acids is 3. The van der Waals surface area contributed by atoms with Crippen LogP contribution in [0.1, 0.15) is 69.4 Å². The lowest BCUT2D eigenvalue weighted by atomic mass is 9.72. The zero-order valence-corrected chi connectivity index (χ0v) is 27.0. The molecule has 2 aliphatic rings. The maximum absolute atomic E-state index is 13.9. The van der Waals surface area contributed by atoms with Gasteiger partial charge in [-0.25, -0.2) is 0 Å². The lowest BCUT2D eigenvalue weighted by molar-refractivity contribution is -0.384. The highest BCUT2D eigenvalue weighted by atomic mass is 16.6. The smallest absolute Gasteiger partial charge is 0.316 e. The number of ether oxygens (including phenoxy) is 1. The van der Waals surface area contributed by atoms with Gasteiger partial charge in [0.1, 0.15) is 0 Å². The number of benzene rings is 2. The Morgan fingerprint density at radius 1 is 1.04 bits per heavy atom. The minimum Gasteiger partial charge on any atom is -0.468 e. The van der Waals surface area contributed by atoms with Crippen molar-refractivity contribution in [2.75, 3.05) is 39.8 Å². The molecule has 1 saturated heterocycles. The number of allylic oxidation sites excluding steroid dienone is 3. The summed E-state index contributed by atoms with van der Waals surface area (Å²) in [5.74, 6) is -1.33. The molecular formula is C35H45N5O6. The van der Waals surface area contributed by atoms with E-state index in [0.29, 0.717) is 61.2 Å². The van der Waals surface area contributed by atoms with E-state index in [4.69, 9.17) is 10.5 Å². The number of hydrogen-bond acceptors (Lipinski definition) is 9. The van der Waals surface area contributed by atoms with Crippen LogP contribution in [0, 0.1) is 10.1 Å². The van der Waals surface area contributed by atoms with Gasteiger partial charge in [0.25, 0.3) is 5.69 Å². The number of likely N-dealkylation sites (tertiary alicyclic amines) is 1. The fourth-order valence-electron chi connectivity index (χ4n) is 6.72. The molecule has 0 radical (unpaired) electrons. The van der Waals surface area contributed by atoms with Gasteiger partial charge in [-0.2, -0.15) is 0 Å². The number of nitrogens with two attached hydrogens (primary N) is 1. The normalized spacial score (nSPS) is 18.1. The van der Waals surface area contributed by atoms with E-state index in [9.17, 15) is 24.5 Å². The Bertz CT molecular complexity index is 1480. The number of ketones is 1. The van der Waals surface area contributed by atoms with E-state index in [1.54, 1.807) is 12.1 Å².